The average Bonchev–Trinajstić information content (AvgIpc) is 2.29. The monoisotopic (exact) mass is 215 g/mol. The van der Waals surface area contributed by atoms with E-state index >= 15 is 0 Å². The third-order valence-corrected chi connectivity index (χ3v) is 3.61. The number of nitrogen functional groups attached to an aromatic ring is 1. The molecule has 0 aromatic heterocycles. The van der Waals surface area contributed by atoms with Crippen LogP contribution in [0.2, 0.25) is 0 Å². The molecular formula is C13H14NP. The minimum absolute atomic E-state index is 0.798. The summed E-state index contributed by atoms with van der Waals surface area (Å²) in [6, 6.07) is 18.6. The Morgan fingerprint density at radius 2 is 1.53 bits per heavy atom. The molecule has 2 heteroatoms. The van der Waals surface area contributed by atoms with Crippen LogP contribution in [0.15, 0.2) is 54.6 Å². The summed E-state index contributed by atoms with van der Waals surface area (Å²) in [5, 5.41) is 1.39. The van der Waals surface area contributed by atoms with Crippen LogP contribution in [0, 0.1) is 0 Å². The molecule has 1 unspecified atom stereocenters. The summed E-state index contributed by atoms with van der Waals surface area (Å²) in [6.07, 6.45) is 1.04. The molecule has 0 saturated heterocycles. The number of rotatable bonds is 3. The van der Waals surface area contributed by atoms with Crippen LogP contribution in [0.3, 0.4) is 0 Å². The Kier molecular flexibility index (Phi) is 3.37. The first-order valence-corrected chi connectivity index (χ1v) is 6.19. The SMILES string of the molecule is Nc1ccccc1CPc1ccccc1. The molecule has 0 amide bonds. The van der Waals surface area contributed by atoms with Crippen molar-refractivity contribution in [3.05, 3.63) is 60.2 Å². The molecule has 15 heavy (non-hydrogen) atoms. The largest absolute Gasteiger partial charge is 0.398 e. The molecule has 0 saturated carbocycles. The Balaban J connectivity index is 2.03. The van der Waals surface area contributed by atoms with E-state index in [1.165, 1.54) is 10.9 Å². The number of hydrogen-bond acceptors (Lipinski definition) is 1. The van der Waals surface area contributed by atoms with Crippen LogP contribution in [-0.4, -0.2) is 0 Å². The average molecular weight is 215 g/mol. The van der Waals surface area contributed by atoms with Gasteiger partial charge < -0.3 is 5.73 Å². The van der Waals surface area contributed by atoms with Gasteiger partial charge in [-0.1, -0.05) is 57.1 Å². The highest BCUT2D eigenvalue weighted by molar-refractivity contribution is 7.46. The number of benzene rings is 2. The Morgan fingerprint density at radius 3 is 2.27 bits per heavy atom. The topological polar surface area (TPSA) is 26.0 Å². The zero-order valence-corrected chi connectivity index (χ0v) is 9.48. The lowest BCUT2D eigenvalue weighted by atomic mass is 10.2. The Hall–Kier alpha value is -1.33. The lowest BCUT2D eigenvalue weighted by molar-refractivity contribution is 1.41. The molecule has 0 aliphatic carbocycles. The molecule has 0 heterocycles. The second kappa shape index (κ2) is 4.95. The van der Waals surface area contributed by atoms with E-state index in [-0.39, 0.29) is 0 Å². The first-order chi connectivity index (χ1) is 7.36. The summed E-state index contributed by atoms with van der Waals surface area (Å²) < 4.78 is 0. The summed E-state index contributed by atoms with van der Waals surface area (Å²) in [5.41, 5.74) is 8.04. The summed E-state index contributed by atoms with van der Waals surface area (Å²) in [6.45, 7) is 0. The highest BCUT2D eigenvalue weighted by Crippen LogP contribution is 2.22. The molecule has 0 radical (unpaired) electrons. The minimum Gasteiger partial charge on any atom is -0.398 e. The zero-order valence-electron chi connectivity index (χ0n) is 8.48. The van der Waals surface area contributed by atoms with Crippen LogP contribution in [0.25, 0.3) is 0 Å². The van der Waals surface area contributed by atoms with E-state index in [9.17, 15) is 0 Å². The van der Waals surface area contributed by atoms with Gasteiger partial charge >= 0.3 is 0 Å². The second-order valence-electron chi connectivity index (χ2n) is 3.42. The van der Waals surface area contributed by atoms with Crippen molar-refractivity contribution >= 4 is 19.6 Å². The van der Waals surface area contributed by atoms with Gasteiger partial charge in [0, 0.05) is 5.69 Å². The third-order valence-electron chi connectivity index (χ3n) is 2.31. The maximum Gasteiger partial charge on any atom is 0.0350 e. The minimum atomic E-state index is 0.798. The number of hydrogen-bond donors (Lipinski definition) is 1. The predicted molar refractivity (Wildman–Crippen MR) is 68.9 cm³/mol. The molecule has 1 atom stereocenters. The van der Waals surface area contributed by atoms with Crippen LogP contribution < -0.4 is 11.0 Å². The molecule has 76 valence electrons. The van der Waals surface area contributed by atoms with E-state index in [0.29, 0.717) is 0 Å². The van der Waals surface area contributed by atoms with E-state index in [0.717, 1.165) is 20.4 Å². The van der Waals surface area contributed by atoms with Gasteiger partial charge in [-0.15, -0.1) is 0 Å². The van der Waals surface area contributed by atoms with Crippen LogP contribution >= 0.6 is 8.58 Å². The molecule has 0 aliphatic rings. The number of nitrogens with two attached hydrogens (primary N) is 1. The molecule has 0 fully saturated rings. The molecule has 0 spiro atoms. The van der Waals surface area contributed by atoms with Crippen molar-refractivity contribution < 1.29 is 0 Å². The van der Waals surface area contributed by atoms with Crippen molar-refractivity contribution in [2.45, 2.75) is 6.16 Å². The van der Waals surface area contributed by atoms with Gasteiger partial charge in [0.1, 0.15) is 0 Å². The van der Waals surface area contributed by atoms with Gasteiger partial charge in [-0.3, -0.25) is 0 Å². The Bertz CT molecular complexity index is 426. The fourth-order valence-electron chi connectivity index (χ4n) is 1.45. The lowest BCUT2D eigenvalue weighted by Crippen LogP contribution is -1.95. The molecule has 2 rings (SSSR count). The van der Waals surface area contributed by atoms with Crippen molar-refractivity contribution in [3.8, 4) is 0 Å². The van der Waals surface area contributed by atoms with Crippen LogP contribution in [-0.2, 0) is 6.16 Å². The van der Waals surface area contributed by atoms with E-state index < -0.39 is 0 Å². The Morgan fingerprint density at radius 1 is 0.867 bits per heavy atom. The number of para-hydroxylation sites is 1. The summed E-state index contributed by atoms with van der Waals surface area (Å²) in [5.74, 6) is 0. The molecule has 2 aromatic carbocycles. The van der Waals surface area contributed by atoms with E-state index in [1.54, 1.807) is 0 Å². The van der Waals surface area contributed by atoms with Crippen LogP contribution in [0.4, 0.5) is 5.69 Å². The van der Waals surface area contributed by atoms with Gasteiger partial charge in [-0.2, -0.15) is 0 Å². The third kappa shape index (κ3) is 2.81. The summed E-state index contributed by atoms with van der Waals surface area (Å²) in [4.78, 5) is 0. The fourth-order valence-corrected chi connectivity index (χ4v) is 2.59. The van der Waals surface area contributed by atoms with Gasteiger partial charge in [0.15, 0.2) is 0 Å². The lowest BCUT2D eigenvalue weighted by Gasteiger charge is -2.05. The van der Waals surface area contributed by atoms with Crippen molar-refractivity contribution in [2.24, 2.45) is 0 Å². The summed E-state index contributed by atoms with van der Waals surface area (Å²) >= 11 is 0. The molecule has 2 aromatic rings. The Labute approximate surface area is 92.1 Å². The fraction of sp³-hybridized carbons (Fsp3) is 0.0769. The quantitative estimate of drug-likeness (QED) is 0.618. The van der Waals surface area contributed by atoms with Crippen molar-refractivity contribution in [1.82, 2.24) is 0 Å². The van der Waals surface area contributed by atoms with Crippen molar-refractivity contribution in [2.75, 3.05) is 5.73 Å². The zero-order chi connectivity index (χ0) is 10.5. The van der Waals surface area contributed by atoms with Gasteiger partial charge in [0.25, 0.3) is 0 Å². The normalized spacial score (nSPS) is 10.9. The number of anilines is 1. The molecule has 1 nitrogen and oxygen atoms in total. The maximum absolute atomic E-state index is 5.89. The molecule has 0 aliphatic heterocycles. The molecule has 0 bridgehead atoms. The van der Waals surface area contributed by atoms with Crippen molar-refractivity contribution in [1.29, 1.82) is 0 Å². The second-order valence-corrected chi connectivity index (χ2v) is 4.70. The maximum atomic E-state index is 5.89. The van der Waals surface area contributed by atoms with Crippen molar-refractivity contribution in [3.63, 3.8) is 0 Å². The standard InChI is InChI=1S/C13H14NP/c14-13-9-5-4-6-11(13)10-15-12-7-2-1-3-8-12/h1-9,15H,10,14H2. The van der Waals surface area contributed by atoms with Gasteiger partial charge in [-0.05, 0) is 23.1 Å². The van der Waals surface area contributed by atoms with Gasteiger partial charge in [0.05, 0.1) is 0 Å². The van der Waals surface area contributed by atoms with Crippen LogP contribution in [0.1, 0.15) is 5.56 Å². The van der Waals surface area contributed by atoms with E-state index in [1.807, 2.05) is 24.3 Å². The summed E-state index contributed by atoms with van der Waals surface area (Å²) in [7, 11) is 0.798. The van der Waals surface area contributed by atoms with Crippen LogP contribution in [0.5, 0.6) is 0 Å². The highest BCUT2D eigenvalue weighted by Gasteiger charge is 1.97. The predicted octanol–water partition coefficient (Wildman–Crippen LogP) is 2.77. The molecule has 2 N–H and O–H groups in total. The highest BCUT2D eigenvalue weighted by atomic mass is 31.1. The smallest absolute Gasteiger partial charge is 0.0350 e. The first-order valence-electron chi connectivity index (χ1n) is 4.98. The first kappa shape index (κ1) is 10.2. The molecular weight excluding hydrogens is 201 g/mol. The van der Waals surface area contributed by atoms with Gasteiger partial charge in [-0.25, -0.2) is 0 Å². The van der Waals surface area contributed by atoms with E-state index in [4.69, 9.17) is 5.73 Å². The van der Waals surface area contributed by atoms with E-state index in [2.05, 4.69) is 30.3 Å². The van der Waals surface area contributed by atoms with Gasteiger partial charge in [0.2, 0.25) is 0 Å².